The Morgan fingerprint density at radius 1 is 1.46 bits per heavy atom. The second-order valence-electron chi connectivity index (χ2n) is 8.00. The monoisotopic (exact) mass is 334 g/mol. The van der Waals surface area contributed by atoms with E-state index in [1.807, 2.05) is 6.92 Å². The van der Waals surface area contributed by atoms with Gasteiger partial charge in [0.2, 0.25) is 0 Å². The third kappa shape index (κ3) is 2.70. The lowest BCUT2D eigenvalue weighted by Gasteiger charge is -2.50. The molecule has 24 heavy (non-hydrogen) atoms. The highest BCUT2D eigenvalue weighted by Gasteiger charge is 2.64. The van der Waals surface area contributed by atoms with Gasteiger partial charge in [-0.25, -0.2) is 0 Å². The summed E-state index contributed by atoms with van der Waals surface area (Å²) in [7, 11) is 0. The zero-order valence-corrected chi connectivity index (χ0v) is 15.0. The minimum atomic E-state index is -0.917. The minimum absolute atomic E-state index is 0.00345. The van der Waals surface area contributed by atoms with Crippen molar-refractivity contribution in [3.8, 4) is 0 Å². The number of fused-ring (bicyclic) bond motifs is 1. The first-order chi connectivity index (χ1) is 11.2. The molecule has 0 aromatic carbocycles. The van der Waals surface area contributed by atoms with Crippen molar-refractivity contribution in [2.24, 2.45) is 22.7 Å². The average Bonchev–Trinajstić information content (AvgIpc) is 2.88. The van der Waals surface area contributed by atoms with E-state index in [1.54, 1.807) is 13.0 Å². The summed E-state index contributed by atoms with van der Waals surface area (Å²) >= 11 is 0. The molecular weight excluding hydrogens is 304 g/mol. The summed E-state index contributed by atoms with van der Waals surface area (Å²) < 4.78 is 0. The van der Waals surface area contributed by atoms with Crippen LogP contribution in [0.4, 0.5) is 0 Å². The number of allylic oxidation sites excluding steroid dienone is 1. The van der Waals surface area contributed by atoms with Gasteiger partial charge in [0.25, 0.3) is 0 Å². The summed E-state index contributed by atoms with van der Waals surface area (Å²) in [5, 5.41) is 20.6. The molecule has 0 amide bonds. The van der Waals surface area contributed by atoms with Crippen LogP contribution in [0.1, 0.15) is 52.9 Å². The zero-order chi connectivity index (χ0) is 18.1. The fraction of sp³-hybridized carbons (Fsp3) is 0.700. The quantitative estimate of drug-likeness (QED) is 0.554. The second kappa shape index (κ2) is 6.93. The first kappa shape index (κ1) is 19.1. The summed E-state index contributed by atoms with van der Waals surface area (Å²) in [6.45, 7) is 9.60. The highest BCUT2D eigenvalue weighted by atomic mass is 16.3. The molecule has 0 unspecified atom stereocenters. The molecule has 0 radical (unpaired) electrons. The molecule has 134 valence electrons. The Bertz CT molecular complexity index is 552. The normalized spacial score (nSPS) is 38.0. The van der Waals surface area contributed by atoms with E-state index in [1.165, 1.54) is 0 Å². The Balaban J connectivity index is 2.32. The van der Waals surface area contributed by atoms with Crippen LogP contribution >= 0.6 is 0 Å². The van der Waals surface area contributed by atoms with Crippen molar-refractivity contribution in [1.82, 2.24) is 0 Å². The lowest BCUT2D eigenvalue weighted by molar-refractivity contribution is -0.133. The number of hydrogen-bond acceptors (Lipinski definition) is 4. The van der Waals surface area contributed by atoms with Gasteiger partial charge in [0, 0.05) is 11.0 Å². The number of aldehydes is 2. The summed E-state index contributed by atoms with van der Waals surface area (Å²) in [5.41, 5.74) is -0.240. The smallest absolute Gasteiger partial charge is 0.146 e. The van der Waals surface area contributed by atoms with Crippen LogP contribution in [0, 0.1) is 22.7 Å². The molecule has 0 spiro atoms. The Morgan fingerprint density at radius 3 is 2.67 bits per heavy atom. The molecule has 1 saturated carbocycles. The lowest BCUT2D eigenvalue weighted by atomic mass is 9.53. The maximum absolute atomic E-state index is 12.3. The number of carbonyl (C=O) groups excluding carboxylic acids is 2. The Labute approximate surface area is 144 Å². The van der Waals surface area contributed by atoms with Crippen molar-refractivity contribution < 1.29 is 19.8 Å². The van der Waals surface area contributed by atoms with Crippen LogP contribution in [0.2, 0.25) is 0 Å². The Morgan fingerprint density at radius 2 is 2.12 bits per heavy atom. The van der Waals surface area contributed by atoms with E-state index in [9.17, 15) is 19.8 Å². The first-order valence-corrected chi connectivity index (χ1v) is 8.88. The van der Waals surface area contributed by atoms with E-state index in [0.717, 1.165) is 37.4 Å². The highest BCUT2D eigenvalue weighted by Crippen LogP contribution is 2.64. The molecule has 4 nitrogen and oxygen atoms in total. The van der Waals surface area contributed by atoms with Crippen molar-refractivity contribution in [3.05, 3.63) is 23.8 Å². The molecule has 0 bridgehead atoms. The van der Waals surface area contributed by atoms with Gasteiger partial charge in [-0.05, 0) is 50.9 Å². The van der Waals surface area contributed by atoms with Crippen LogP contribution in [0.5, 0.6) is 0 Å². The van der Waals surface area contributed by atoms with Gasteiger partial charge in [-0.2, -0.15) is 0 Å². The summed E-state index contributed by atoms with van der Waals surface area (Å²) in [5.74, 6) is 0.170. The number of aliphatic hydroxyl groups excluding tert-OH is 2. The van der Waals surface area contributed by atoms with Crippen LogP contribution < -0.4 is 0 Å². The van der Waals surface area contributed by atoms with Gasteiger partial charge in [0.05, 0.1) is 17.6 Å². The number of carbonyl (C=O) groups is 2. The molecule has 6 atom stereocenters. The molecule has 0 aromatic rings. The maximum atomic E-state index is 12.3. The highest BCUT2D eigenvalue weighted by molar-refractivity contribution is 5.86. The average molecular weight is 334 g/mol. The van der Waals surface area contributed by atoms with Crippen LogP contribution in [0.3, 0.4) is 0 Å². The summed E-state index contributed by atoms with van der Waals surface area (Å²) in [4.78, 5) is 23.9. The molecule has 2 aliphatic rings. The molecule has 0 aromatic heterocycles. The second-order valence-corrected chi connectivity index (χ2v) is 8.00. The van der Waals surface area contributed by atoms with Crippen molar-refractivity contribution in [2.75, 3.05) is 0 Å². The lowest BCUT2D eigenvalue weighted by Crippen LogP contribution is -2.53. The van der Waals surface area contributed by atoms with E-state index < -0.39 is 23.0 Å². The molecule has 2 N–H and O–H groups in total. The summed E-state index contributed by atoms with van der Waals surface area (Å²) in [6, 6.07) is 0. The van der Waals surface area contributed by atoms with Gasteiger partial charge < -0.3 is 15.0 Å². The van der Waals surface area contributed by atoms with Crippen LogP contribution in [-0.2, 0) is 9.59 Å². The third-order valence-electron chi connectivity index (χ3n) is 6.74. The predicted octanol–water partition coefficient (Wildman–Crippen LogP) is 2.83. The van der Waals surface area contributed by atoms with E-state index in [-0.39, 0.29) is 11.8 Å². The van der Waals surface area contributed by atoms with Crippen LogP contribution in [0.15, 0.2) is 23.8 Å². The van der Waals surface area contributed by atoms with Crippen LogP contribution in [-0.4, -0.2) is 35.0 Å². The molecular formula is C20H30O4. The molecule has 0 heterocycles. The zero-order valence-electron chi connectivity index (χ0n) is 15.0. The first-order valence-electron chi connectivity index (χ1n) is 8.88. The minimum Gasteiger partial charge on any atom is -0.392 e. The number of rotatable bonds is 7. The number of hydrogen-bond donors (Lipinski definition) is 2. The van der Waals surface area contributed by atoms with E-state index in [0.29, 0.717) is 18.4 Å². The van der Waals surface area contributed by atoms with E-state index >= 15 is 0 Å². The van der Waals surface area contributed by atoms with Gasteiger partial charge in [0.1, 0.15) is 12.6 Å². The van der Waals surface area contributed by atoms with Gasteiger partial charge in [-0.15, -0.1) is 0 Å². The third-order valence-corrected chi connectivity index (χ3v) is 6.74. The van der Waals surface area contributed by atoms with Crippen molar-refractivity contribution in [2.45, 2.75) is 65.1 Å². The van der Waals surface area contributed by atoms with Crippen molar-refractivity contribution in [3.63, 3.8) is 0 Å². The topological polar surface area (TPSA) is 74.6 Å². The predicted molar refractivity (Wildman–Crippen MR) is 93.3 cm³/mol. The molecule has 0 aliphatic heterocycles. The fourth-order valence-electron chi connectivity index (χ4n) is 5.00. The van der Waals surface area contributed by atoms with E-state index in [4.69, 9.17) is 0 Å². The molecule has 4 heteroatoms. The van der Waals surface area contributed by atoms with Crippen LogP contribution in [0.25, 0.3) is 0 Å². The van der Waals surface area contributed by atoms with Crippen molar-refractivity contribution in [1.29, 1.82) is 0 Å². The molecule has 1 fully saturated rings. The van der Waals surface area contributed by atoms with E-state index in [2.05, 4.69) is 13.5 Å². The standard InChI is InChI=1S/C20H30O4/c1-13(2)17(23)7-5-14(3)16-9-10-19(4)18(24)8-6-15(11-21)20(16,19)12-22/h6,11-12,14,16-18,23-24H,1,5,7-10H2,2-4H3/t14-,16+,17+,18+,19+,20+/m0/s1. The number of aliphatic hydroxyl groups is 2. The maximum Gasteiger partial charge on any atom is 0.146 e. The summed E-state index contributed by atoms with van der Waals surface area (Å²) in [6.07, 6.45) is 5.63. The van der Waals surface area contributed by atoms with Crippen molar-refractivity contribution >= 4 is 12.6 Å². The molecule has 2 rings (SSSR count). The van der Waals surface area contributed by atoms with Gasteiger partial charge >= 0.3 is 0 Å². The largest absolute Gasteiger partial charge is 0.392 e. The Hall–Kier alpha value is -1.26. The van der Waals surface area contributed by atoms with Gasteiger partial charge in [0.15, 0.2) is 0 Å². The molecule has 2 aliphatic carbocycles. The van der Waals surface area contributed by atoms with Gasteiger partial charge in [-0.1, -0.05) is 32.1 Å². The van der Waals surface area contributed by atoms with Gasteiger partial charge in [-0.3, -0.25) is 4.79 Å². The Kier molecular flexibility index (Phi) is 5.50. The molecule has 0 saturated heterocycles. The fourth-order valence-corrected chi connectivity index (χ4v) is 5.00. The SMILES string of the molecule is C=C(C)[C@H](O)CC[C@H](C)[C@H]1CC[C@]2(C)[C@H](O)CC=C(C=O)[C@]12C=O.